The van der Waals surface area contributed by atoms with Gasteiger partial charge < -0.3 is 5.73 Å². The second kappa shape index (κ2) is 5.45. The summed E-state index contributed by atoms with van der Waals surface area (Å²) in [6.45, 7) is 4.11. The molecule has 3 nitrogen and oxygen atoms in total. The number of hydrogen-bond donors (Lipinski definition) is 1. The highest BCUT2D eigenvalue weighted by molar-refractivity contribution is 8.00. The predicted octanol–water partition coefficient (Wildman–Crippen LogP) is 3.66. The van der Waals surface area contributed by atoms with Gasteiger partial charge in [-0.05, 0) is 43.2 Å². The second-order valence-electron chi connectivity index (χ2n) is 5.39. The summed E-state index contributed by atoms with van der Waals surface area (Å²) in [5.41, 5.74) is 11.0. The number of aryl methyl sites for hydroxylation is 2. The molecule has 0 aromatic heterocycles. The van der Waals surface area contributed by atoms with Gasteiger partial charge in [-0.3, -0.25) is 9.69 Å². The van der Waals surface area contributed by atoms with Crippen LogP contribution in [-0.2, 0) is 4.79 Å². The van der Waals surface area contributed by atoms with Crippen molar-refractivity contribution in [3.8, 4) is 0 Å². The van der Waals surface area contributed by atoms with Gasteiger partial charge in [-0.2, -0.15) is 0 Å². The Balaban J connectivity index is 2.04. The van der Waals surface area contributed by atoms with Crippen molar-refractivity contribution in [1.82, 2.24) is 0 Å². The molecule has 0 aliphatic carbocycles. The molecule has 108 valence electrons. The Bertz CT molecular complexity index is 699. The van der Waals surface area contributed by atoms with Crippen molar-refractivity contribution < 1.29 is 4.79 Å². The van der Waals surface area contributed by atoms with E-state index in [0.29, 0.717) is 5.75 Å². The molecule has 1 fully saturated rings. The van der Waals surface area contributed by atoms with Crippen LogP contribution in [-0.4, -0.2) is 11.7 Å². The molecule has 4 heteroatoms. The fraction of sp³-hybridized carbons (Fsp3) is 0.235. The number of benzene rings is 2. The maximum absolute atomic E-state index is 12.4. The predicted molar refractivity (Wildman–Crippen MR) is 89.5 cm³/mol. The fourth-order valence-electron chi connectivity index (χ4n) is 2.72. The van der Waals surface area contributed by atoms with Gasteiger partial charge in [0.25, 0.3) is 0 Å². The highest BCUT2D eigenvalue weighted by Gasteiger charge is 2.34. The van der Waals surface area contributed by atoms with E-state index in [1.807, 2.05) is 35.2 Å². The van der Waals surface area contributed by atoms with Crippen LogP contribution in [0.3, 0.4) is 0 Å². The maximum Gasteiger partial charge on any atom is 0.238 e. The third-order valence-electron chi connectivity index (χ3n) is 3.68. The Hall–Kier alpha value is -1.94. The molecule has 0 spiro atoms. The van der Waals surface area contributed by atoms with Gasteiger partial charge in [-0.25, -0.2) is 0 Å². The molecular formula is C17H18N2OS. The van der Waals surface area contributed by atoms with Crippen molar-refractivity contribution in [2.75, 3.05) is 16.4 Å². The molecule has 2 N–H and O–H groups in total. The van der Waals surface area contributed by atoms with E-state index in [4.69, 9.17) is 5.73 Å². The van der Waals surface area contributed by atoms with Crippen molar-refractivity contribution in [2.24, 2.45) is 0 Å². The largest absolute Gasteiger partial charge is 0.399 e. The van der Waals surface area contributed by atoms with Crippen LogP contribution in [0.1, 0.15) is 22.1 Å². The maximum atomic E-state index is 12.4. The van der Waals surface area contributed by atoms with Gasteiger partial charge in [0, 0.05) is 11.4 Å². The third kappa shape index (κ3) is 2.63. The summed E-state index contributed by atoms with van der Waals surface area (Å²) in [5.74, 6) is 0.659. The van der Waals surface area contributed by atoms with Gasteiger partial charge in [-0.15, -0.1) is 11.8 Å². The lowest BCUT2D eigenvalue weighted by atomic mass is 10.1. The van der Waals surface area contributed by atoms with E-state index in [2.05, 4.69) is 26.0 Å². The van der Waals surface area contributed by atoms with Crippen LogP contribution in [0.5, 0.6) is 0 Å². The molecule has 3 rings (SSSR count). The summed E-state index contributed by atoms with van der Waals surface area (Å²) in [6, 6.07) is 14.0. The second-order valence-corrected chi connectivity index (χ2v) is 6.46. The highest BCUT2D eigenvalue weighted by Crippen LogP contribution is 2.43. The Morgan fingerprint density at radius 1 is 1.19 bits per heavy atom. The number of nitrogen functional groups attached to an aromatic ring is 1. The molecular weight excluding hydrogens is 280 g/mol. The summed E-state index contributed by atoms with van der Waals surface area (Å²) in [6.07, 6.45) is 0. The molecule has 1 aliphatic heterocycles. The van der Waals surface area contributed by atoms with Crippen molar-refractivity contribution in [3.63, 3.8) is 0 Å². The minimum atomic E-state index is 0.00223. The fourth-order valence-corrected chi connectivity index (χ4v) is 3.88. The summed E-state index contributed by atoms with van der Waals surface area (Å²) in [7, 11) is 0. The SMILES string of the molecule is Cc1ccc(N2C(=O)CSC2c2cccc(N)c2)c(C)c1. The smallest absolute Gasteiger partial charge is 0.238 e. The van der Waals surface area contributed by atoms with E-state index < -0.39 is 0 Å². The Kier molecular flexibility index (Phi) is 3.64. The molecule has 1 unspecified atom stereocenters. The summed E-state index contributed by atoms with van der Waals surface area (Å²) in [4.78, 5) is 14.3. The lowest BCUT2D eigenvalue weighted by Gasteiger charge is -2.26. The van der Waals surface area contributed by atoms with E-state index in [0.717, 1.165) is 22.5 Å². The van der Waals surface area contributed by atoms with E-state index >= 15 is 0 Å². The summed E-state index contributed by atoms with van der Waals surface area (Å²) >= 11 is 1.65. The molecule has 0 bridgehead atoms. The first-order valence-corrected chi connectivity index (χ1v) is 7.97. The van der Waals surface area contributed by atoms with Crippen LogP contribution in [0.4, 0.5) is 11.4 Å². The zero-order valence-corrected chi connectivity index (χ0v) is 13.0. The highest BCUT2D eigenvalue weighted by atomic mass is 32.2. The lowest BCUT2D eigenvalue weighted by molar-refractivity contribution is -0.115. The Morgan fingerprint density at radius 2 is 2.00 bits per heavy atom. The van der Waals surface area contributed by atoms with Gasteiger partial charge in [0.1, 0.15) is 5.37 Å². The molecule has 0 saturated carbocycles. The van der Waals surface area contributed by atoms with Crippen molar-refractivity contribution in [1.29, 1.82) is 0 Å². The number of anilines is 2. The third-order valence-corrected chi connectivity index (χ3v) is 4.89. The number of amides is 1. The van der Waals surface area contributed by atoms with Gasteiger partial charge in [0.05, 0.1) is 5.75 Å². The Morgan fingerprint density at radius 3 is 2.71 bits per heavy atom. The zero-order chi connectivity index (χ0) is 15.0. The number of nitrogens with two attached hydrogens (primary N) is 1. The zero-order valence-electron chi connectivity index (χ0n) is 12.2. The van der Waals surface area contributed by atoms with Gasteiger partial charge in [-0.1, -0.05) is 29.8 Å². The van der Waals surface area contributed by atoms with E-state index in [9.17, 15) is 4.79 Å². The van der Waals surface area contributed by atoms with Gasteiger partial charge in [0.15, 0.2) is 0 Å². The summed E-state index contributed by atoms with van der Waals surface area (Å²) in [5, 5.41) is 0.00223. The average molecular weight is 298 g/mol. The van der Waals surface area contributed by atoms with Crippen LogP contribution >= 0.6 is 11.8 Å². The standard InChI is InChI=1S/C17H18N2OS/c1-11-6-7-15(12(2)8-11)19-16(20)10-21-17(19)13-4-3-5-14(18)9-13/h3-9,17H,10,18H2,1-2H3. The first-order chi connectivity index (χ1) is 10.1. The number of thioether (sulfide) groups is 1. The van der Waals surface area contributed by atoms with Crippen LogP contribution < -0.4 is 10.6 Å². The summed E-state index contributed by atoms with van der Waals surface area (Å²) < 4.78 is 0. The average Bonchev–Trinajstić information content (AvgIpc) is 2.81. The first-order valence-electron chi connectivity index (χ1n) is 6.92. The molecule has 1 aliphatic rings. The van der Waals surface area contributed by atoms with Crippen molar-refractivity contribution >= 4 is 29.0 Å². The Labute approximate surface area is 129 Å². The molecule has 1 heterocycles. The molecule has 1 saturated heterocycles. The molecule has 2 aromatic rings. The quantitative estimate of drug-likeness (QED) is 0.861. The monoisotopic (exact) mass is 298 g/mol. The number of hydrogen-bond acceptors (Lipinski definition) is 3. The lowest BCUT2D eigenvalue weighted by Crippen LogP contribution is -2.28. The van der Waals surface area contributed by atoms with E-state index in [1.165, 1.54) is 5.56 Å². The molecule has 1 atom stereocenters. The minimum Gasteiger partial charge on any atom is -0.399 e. The van der Waals surface area contributed by atoms with Crippen LogP contribution in [0.2, 0.25) is 0 Å². The van der Waals surface area contributed by atoms with E-state index in [-0.39, 0.29) is 11.3 Å². The van der Waals surface area contributed by atoms with Crippen LogP contribution in [0.25, 0.3) is 0 Å². The van der Waals surface area contributed by atoms with Gasteiger partial charge in [0.2, 0.25) is 5.91 Å². The van der Waals surface area contributed by atoms with Crippen molar-refractivity contribution in [2.45, 2.75) is 19.2 Å². The van der Waals surface area contributed by atoms with E-state index in [1.54, 1.807) is 11.8 Å². The number of carbonyl (C=O) groups is 1. The molecule has 21 heavy (non-hydrogen) atoms. The first kappa shape index (κ1) is 14.0. The minimum absolute atomic E-state index is 0.00223. The number of rotatable bonds is 2. The topological polar surface area (TPSA) is 46.3 Å². The van der Waals surface area contributed by atoms with Crippen molar-refractivity contribution in [3.05, 3.63) is 59.2 Å². The van der Waals surface area contributed by atoms with Crippen LogP contribution in [0, 0.1) is 13.8 Å². The molecule has 2 aromatic carbocycles. The number of carbonyl (C=O) groups excluding carboxylic acids is 1. The number of nitrogens with zero attached hydrogens (tertiary/aromatic N) is 1. The normalized spacial score (nSPS) is 18.3. The van der Waals surface area contributed by atoms with Crippen LogP contribution in [0.15, 0.2) is 42.5 Å². The molecule has 0 radical (unpaired) electrons. The van der Waals surface area contributed by atoms with Gasteiger partial charge >= 0.3 is 0 Å². The molecule has 1 amide bonds.